The van der Waals surface area contributed by atoms with Crippen molar-refractivity contribution in [1.29, 1.82) is 0 Å². The van der Waals surface area contributed by atoms with Gasteiger partial charge in [-0.3, -0.25) is 0 Å². The maximum Gasteiger partial charge on any atom is 0.407 e. The normalized spacial score (nSPS) is 13.6. The van der Waals surface area contributed by atoms with Crippen molar-refractivity contribution < 1.29 is 27.5 Å². The number of carboxylic acids is 1. The Morgan fingerprint density at radius 2 is 1.94 bits per heavy atom. The third-order valence-electron chi connectivity index (χ3n) is 1.93. The van der Waals surface area contributed by atoms with E-state index in [-0.39, 0.29) is 0 Å². The summed E-state index contributed by atoms with van der Waals surface area (Å²) in [5, 5.41) is 8.54. The molecule has 3 N–H and O–H groups in total. The minimum atomic E-state index is -4.82. The minimum absolute atomic E-state index is 0.448. The second-order valence-corrected chi connectivity index (χ2v) is 3.06. The largest absolute Gasteiger partial charge is 0.478 e. The Morgan fingerprint density at radius 3 is 2.38 bits per heavy atom. The van der Waals surface area contributed by atoms with Gasteiger partial charge in [-0.2, -0.15) is 13.2 Å². The quantitative estimate of drug-likeness (QED) is 0.774. The number of aromatic carboxylic acids is 1. The first-order chi connectivity index (χ1) is 7.23. The van der Waals surface area contributed by atoms with Crippen molar-refractivity contribution in [2.45, 2.75) is 12.2 Å². The van der Waals surface area contributed by atoms with Crippen molar-refractivity contribution in [3.05, 3.63) is 35.1 Å². The Hall–Kier alpha value is -1.63. The lowest BCUT2D eigenvalue weighted by atomic mass is 10.0. The fourth-order valence-electron chi connectivity index (χ4n) is 1.09. The number of halogens is 4. The maximum absolute atomic E-state index is 13.0. The summed E-state index contributed by atoms with van der Waals surface area (Å²) in [6.07, 6.45) is -4.82. The van der Waals surface area contributed by atoms with E-state index < -0.39 is 35.1 Å². The minimum Gasteiger partial charge on any atom is -0.478 e. The topological polar surface area (TPSA) is 63.3 Å². The second kappa shape index (κ2) is 4.09. The Labute approximate surface area is 87.5 Å². The summed E-state index contributed by atoms with van der Waals surface area (Å²) in [4.78, 5) is 10.5. The molecule has 0 aliphatic carbocycles. The van der Waals surface area contributed by atoms with Crippen LogP contribution < -0.4 is 5.73 Å². The molecular weight excluding hydrogens is 230 g/mol. The summed E-state index contributed by atoms with van der Waals surface area (Å²) >= 11 is 0. The summed E-state index contributed by atoms with van der Waals surface area (Å²) < 4.78 is 49.7. The van der Waals surface area contributed by atoms with E-state index in [1.165, 1.54) is 0 Å². The number of hydrogen-bond acceptors (Lipinski definition) is 2. The predicted octanol–water partition coefficient (Wildman–Crippen LogP) is 2.09. The third kappa shape index (κ3) is 2.48. The summed E-state index contributed by atoms with van der Waals surface area (Å²) in [6.45, 7) is 0. The van der Waals surface area contributed by atoms with E-state index in [9.17, 15) is 22.4 Å². The van der Waals surface area contributed by atoms with Crippen molar-refractivity contribution in [2.75, 3.05) is 0 Å². The zero-order chi connectivity index (χ0) is 12.5. The van der Waals surface area contributed by atoms with Gasteiger partial charge in [-0.05, 0) is 18.2 Å². The molecule has 1 aromatic rings. The van der Waals surface area contributed by atoms with Crippen molar-refractivity contribution in [3.63, 3.8) is 0 Å². The SMILES string of the molecule is N[C@H](c1cc(C(=O)O)ccc1F)C(F)(F)F. The summed E-state index contributed by atoms with van der Waals surface area (Å²) in [7, 11) is 0. The van der Waals surface area contributed by atoms with Gasteiger partial charge in [-0.1, -0.05) is 0 Å². The molecule has 0 heterocycles. The van der Waals surface area contributed by atoms with Crippen LogP contribution >= 0.6 is 0 Å². The van der Waals surface area contributed by atoms with Gasteiger partial charge in [0.25, 0.3) is 0 Å². The van der Waals surface area contributed by atoms with Gasteiger partial charge in [-0.25, -0.2) is 9.18 Å². The van der Waals surface area contributed by atoms with Gasteiger partial charge < -0.3 is 10.8 Å². The number of carbonyl (C=O) groups is 1. The number of alkyl halides is 3. The van der Waals surface area contributed by atoms with Gasteiger partial charge in [0.1, 0.15) is 11.9 Å². The number of benzene rings is 1. The highest BCUT2D eigenvalue weighted by Crippen LogP contribution is 2.32. The molecule has 0 fully saturated rings. The first-order valence-electron chi connectivity index (χ1n) is 4.08. The Balaban J connectivity index is 3.22. The van der Waals surface area contributed by atoms with Gasteiger partial charge in [0.15, 0.2) is 0 Å². The smallest absolute Gasteiger partial charge is 0.407 e. The first-order valence-corrected chi connectivity index (χ1v) is 4.08. The van der Waals surface area contributed by atoms with Crippen LogP contribution in [0.25, 0.3) is 0 Å². The Morgan fingerprint density at radius 1 is 1.38 bits per heavy atom. The van der Waals surface area contributed by atoms with Gasteiger partial charge in [0.2, 0.25) is 0 Å². The van der Waals surface area contributed by atoms with Gasteiger partial charge in [0, 0.05) is 5.56 Å². The highest BCUT2D eigenvalue weighted by molar-refractivity contribution is 5.87. The highest BCUT2D eigenvalue weighted by Gasteiger charge is 2.39. The Kier molecular flexibility index (Phi) is 3.18. The Bertz CT molecular complexity index is 416. The van der Waals surface area contributed by atoms with E-state index in [4.69, 9.17) is 10.8 Å². The van der Waals surface area contributed by atoms with Crippen LogP contribution in [0.4, 0.5) is 17.6 Å². The summed E-state index contributed by atoms with van der Waals surface area (Å²) in [6, 6.07) is -0.448. The molecule has 0 unspecified atom stereocenters. The molecule has 0 aliphatic heterocycles. The monoisotopic (exact) mass is 237 g/mol. The van der Waals surface area contributed by atoms with Crippen molar-refractivity contribution in [1.82, 2.24) is 0 Å². The van der Waals surface area contributed by atoms with Gasteiger partial charge in [0.05, 0.1) is 5.56 Å². The number of nitrogens with two attached hydrogens (primary N) is 1. The predicted molar refractivity (Wildman–Crippen MR) is 46.3 cm³/mol. The van der Waals surface area contributed by atoms with Crippen LogP contribution in [-0.2, 0) is 0 Å². The molecule has 0 aliphatic rings. The molecule has 0 saturated carbocycles. The lowest BCUT2D eigenvalue weighted by molar-refractivity contribution is -0.149. The maximum atomic E-state index is 13.0. The van der Waals surface area contributed by atoms with E-state index in [2.05, 4.69) is 0 Å². The van der Waals surface area contributed by atoms with E-state index in [0.717, 1.165) is 6.07 Å². The number of hydrogen-bond donors (Lipinski definition) is 2. The standard InChI is InChI=1S/C9H7F4NO2/c10-6-2-1-4(8(15)16)3-5(6)7(14)9(11,12)13/h1-3,7H,14H2,(H,15,16)/t7-/m1/s1. The van der Waals surface area contributed by atoms with E-state index in [1.807, 2.05) is 0 Å². The molecule has 0 aromatic heterocycles. The van der Waals surface area contributed by atoms with Crippen LogP contribution in [-0.4, -0.2) is 17.3 Å². The molecule has 0 saturated heterocycles. The summed E-state index contributed by atoms with van der Waals surface area (Å²) in [5.74, 6) is -2.63. The molecule has 1 atom stereocenters. The summed E-state index contributed by atoms with van der Waals surface area (Å²) in [5.41, 5.74) is 3.45. The van der Waals surface area contributed by atoms with Crippen LogP contribution in [0.3, 0.4) is 0 Å². The molecule has 1 rings (SSSR count). The zero-order valence-electron chi connectivity index (χ0n) is 7.75. The average molecular weight is 237 g/mol. The van der Waals surface area contributed by atoms with E-state index in [1.54, 1.807) is 0 Å². The van der Waals surface area contributed by atoms with Crippen molar-refractivity contribution in [3.8, 4) is 0 Å². The lowest BCUT2D eigenvalue weighted by Gasteiger charge is -2.16. The number of carboxylic acid groups (broad SMARTS) is 1. The number of rotatable bonds is 2. The van der Waals surface area contributed by atoms with Gasteiger partial charge in [-0.15, -0.1) is 0 Å². The molecule has 3 nitrogen and oxygen atoms in total. The molecule has 1 aromatic carbocycles. The van der Waals surface area contributed by atoms with Crippen molar-refractivity contribution >= 4 is 5.97 Å². The molecule has 7 heteroatoms. The van der Waals surface area contributed by atoms with Crippen LogP contribution in [0.1, 0.15) is 22.0 Å². The molecule has 0 radical (unpaired) electrons. The average Bonchev–Trinajstić information content (AvgIpc) is 2.15. The molecule has 16 heavy (non-hydrogen) atoms. The van der Waals surface area contributed by atoms with Crippen LogP contribution in [0, 0.1) is 5.82 Å². The first kappa shape index (κ1) is 12.4. The fraction of sp³-hybridized carbons (Fsp3) is 0.222. The van der Waals surface area contributed by atoms with Crippen LogP contribution in [0.2, 0.25) is 0 Å². The molecule has 88 valence electrons. The third-order valence-corrected chi connectivity index (χ3v) is 1.93. The lowest BCUT2D eigenvalue weighted by Crippen LogP contribution is -2.29. The molecule has 0 spiro atoms. The van der Waals surface area contributed by atoms with Gasteiger partial charge >= 0.3 is 12.1 Å². The molecule has 0 amide bonds. The van der Waals surface area contributed by atoms with Crippen LogP contribution in [0.5, 0.6) is 0 Å². The van der Waals surface area contributed by atoms with Crippen LogP contribution in [0.15, 0.2) is 18.2 Å². The van der Waals surface area contributed by atoms with E-state index >= 15 is 0 Å². The van der Waals surface area contributed by atoms with E-state index in [0.29, 0.717) is 12.1 Å². The zero-order valence-corrected chi connectivity index (χ0v) is 7.75. The fourth-order valence-corrected chi connectivity index (χ4v) is 1.09. The molecular formula is C9H7F4NO2. The highest BCUT2D eigenvalue weighted by atomic mass is 19.4. The molecule has 0 bridgehead atoms. The second-order valence-electron chi connectivity index (χ2n) is 3.06. The van der Waals surface area contributed by atoms with Crippen molar-refractivity contribution in [2.24, 2.45) is 5.73 Å².